The lowest BCUT2D eigenvalue weighted by Gasteiger charge is -2.45. The molecule has 92 valence electrons. The summed E-state index contributed by atoms with van der Waals surface area (Å²) in [5.74, 6) is -0.264. The van der Waals surface area contributed by atoms with E-state index in [1.165, 1.54) is 12.1 Å². The molecular weight excluding hydrogens is 262 g/mol. The quantitative estimate of drug-likeness (QED) is 0.720. The largest absolute Gasteiger partial charge is 0.299 e. The Balaban J connectivity index is 2.43. The van der Waals surface area contributed by atoms with Crippen LogP contribution in [0.5, 0.6) is 0 Å². The van der Waals surface area contributed by atoms with Gasteiger partial charge in [-0.15, -0.1) is 0 Å². The average molecular weight is 275 g/mol. The van der Waals surface area contributed by atoms with E-state index in [9.17, 15) is 9.18 Å². The highest BCUT2D eigenvalue weighted by Gasteiger charge is 2.50. The van der Waals surface area contributed by atoms with Crippen molar-refractivity contribution in [2.75, 3.05) is 0 Å². The van der Waals surface area contributed by atoms with Crippen LogP contribution in [0.25, 0.3) is 0 Å². The number of benzene rings is 1. The van der Waals surface area contributed by atoms with Gasteiger partial charge < -0.3 is 0 Å². The molecular formula is C13H13Cl2FO. The van der Waals surface area contributed by atoms with E-state index in [0.29, 0.717) is 17.0 Å². The third-order valence-corrected chi connectivity index (χ3v) is 4.56. The Morgan fingerprint density at radius 1 is 1.41 bits per heavy atom. The number of hydrogen-bond acceptors (Lipinski definition) is 1. The lowest BCUT2D eigenvalue weighted by atomic mass is 9.56. The zero-order chi connectivity index (χ0) is 12.8. The van der Waals surface area contributed by atoms with E-state index >= 15 is 0 Å². The van der Waals surface area contributed by atoms with Crippen LogP contribution >= 0.6 is 23.2 Å². The molecule has 0 bridgehead atoms. The number of rotatable bonds is 2. The summed E-state index contributed by atoms with van der Waals surface area (Å²) in [7, 11) is 0. The number of ketones is 1. The van der Waals surface area contributed by atoms with Crippen LogP contribution in [-0.2, 0) is 4.79 Å². The first-order valence-corrected chi connectivity index (χ1v) is 6.33. The molecule has 1 aromatic carbocycles. The van der Waals surface area contributed by atoms with Crippen LogP contribution < -0.4 is 0 Å². The third kappa shape index (κ3) is 1.88. The Hall–Kier alpha value is -0.600. The van der Waals surface area contributed by atoms with Gasteiger partial charge in [0, 0.05) is 22.8 Å². The van der Waals surface area contributed by atoms with Gasteiger partial charge in [0.15, 0.2) is 0 Å². The Kier molecular flexibility index (Phi) is 3.21. The number of Topliss-reactive ketones (excluding diaryl/α,β-unsaturated/α-hetero) is 1. The molecule has 2 atom stereocenters. The zero-order valence-electron chi connectivity index (χ0n) is 9.69. The fourth-order valence-electron chi connectivity index (χ4n) is 2.41. The molecule has 0 heterocycles. The van der Waals surface area contributed by atoms with Crippen molar-refractivity contribution in [3.63, 3.8) is 0 Å². The summed E-state index contributed by atoms with van der Waals surface area (Å²) in [6.07, 6.45) is 1.17. The number of hydrogen-bond donors (Lipinski definition) is 0. The average Bonchev–Trinajstić information content (AvgIpc) is 2.30. The van der Waals surface area contributed by atoms with Gasteiger partial charge >= 0.3 is 0 Å². The molecule has 0 amide bonds. The summed E-state index contributed by atoms with van der Waals surface area (Å²) in [6, 6.07) is 2.77. The first kappa shape index (κ1) is 12.8. The lowest BCUT2D eigenvalue weighted by molar-refractivity contribution is -0.139. The van der Waals surface area contributed by atoms with E-state index in [1.54, 1.807) is 0 Å². The van der Waals surface area contributed by atoms with Gasteiger partial charge in [-0.1, -0.05) is 37.0 Å². The van der Waals surface area contributed by atoms with Crippen LogP contribution in [0.1, 0.15) is 38.2 Å². The van der Waals surface area contributed by atoms with Gasteiger partial charge in [-0.25, -0.2) is 4.39 Å². The molecule has 2 rings (SSSR count). The second-order valence-electron chi connectivity index (χ2n) is 4.74. The van der Waals surface area contributed by atoms with Crippen LogP contribution in [0, 0.1) is 11.2 Å². The van der Waals surface area contributed by atoms with Crippen molar-refractivity contribution in [1.29, 1.82) is 0 Å². The molecule has 4 heteroatoms. The van der Waals surface area contributed by atoms with Crippen molar-refractivity contribution in [3.8, 4) is 0 Å². The zero-order valence-corrected chi connectivity index (χ0v) is 11.2. The molecule has 1 saturated carbocycles. The molecule has 0 N–H and O–H groups in total. The predicted molar refractivity (Wildman–Crippen MR) is 67.2 cm³/mol. The van der Waals surface area contributed by atoms with Gasteiger partial charge in [0.1, 0.15) is 11.6 Å². The summed E-state index contributed by atoms with van der Waals surface area (Å²) in [6.45, 7) is 3.87. The second kappa shape index (κ2) is 4.25. The summed E-state index contributed by atoms with van der Waals surface area (Å²) < 4.78 is 13.5. The monoisotopic (exact) mass is 274 g/mol. The van der Waals surface area contributed by atoms with Gasteiger partial charge in [0.05, 0.1) is 5.02 Å². The smallest absolute Gasteiger partial charge is 0.142 e. The predicted octanol–water partition coefficient (Wildman–Crippen LogP) is 4.61. The summed E-state index contributed by atoms with van der Waals surface area (Å²) in [5, 5.41) is 0.455. The molecule has 1 aromatic rings. The topological polar surface area (TPSA) is 17.1 Å². The number of halogens is 3. The SMILES string of the molecule is CCC1(C)C(=O)CC1c1cc(F)c(Cl)cc1Cl. The van der Waals surface area contributed by atoms with E-state index < -0.39 is 11.2 Å². The van der Waals surface area contributed by atoms with Crippen molar-refractivity contribution >= 4 is 29.0 Å². The maximum atomic E-state index is 13.5. The fourth-order valence-corrected chi connectivity index (χ4v) is 2.92. The van der Waals surface area contributed by atoms with E-state index in [2.05, 4.69) is 0 Å². The molecule has 1 nitrogen and oxygen atoms in total. The van der Waals surface area contributed by atoms with Crippen LogP contribution in [0.4, 0.5) is 4.39 Å². The normalized spacial score (nSPS) is 28.1. The van der Waals surface area contributed by atoms with Crippen molar-refractivity contribution < 1.29 is 9.18 Å². The Morgan fingerprint density at radius 2 is 2.06 bits per heavy atom. The molecule has 0 saturated heterocycles. The molecule has 0 radical (unpaired) electrons. The van der Waals surface area contributed by atoms with Crippen LogP contribution in [0.2, 0.25) is 10.0 Å². The van der Waals surface area contributed by atoms with Gasteiger partial charge in [0.25, 0.3) is 0 Å². The maximum Gasteiger partial charge on any atom is 0.142 e. The second-order valence-corrected chi connectivity index (χ2v) is 5.55. The van der Waals surface area contributed by atoms with E-state index in [-0.39, 0.29) is 16.7 Å². The molecule has 0 spiro atoms. The first-order chi connectivity index (χ1) is 7.90. The van der Waals surface area contributed by atoms with Crippen molar-refractivity contribution in [1.82, 2.24) is 0 Å². The van der Waals surface area contributed by atoms with Crippen LogP contribution in [-0.4, -0.2) is 5.78 Å². The van der Waals surface area contributed by atoms with E-state index in [4.69, 9.17) is 23.2 Å². The highest BCUT2D eigenvalue weighted by atomic mass is 35.5. The molecule has 1 aliphatic rings. The summed E-state index contributed by atoms with van der Waals surface area (Å²) >= 11 is 11.7. The lowest BCUT2D eigenvalue weighted by Crippen LogP contribution is -2.45. The Morgan fingerprint density at radius 3 is 2.59 bits per heavy atom. The molecule has 17 heavy (non-hydrogen) atoms. The number of carbonyl (C=O) groups excluding carboxylic acids is 1. The van der Waals surface area contributed by atoms with Crippen molar-refractivity contribution in [3.05, 3.63) is 33.6 Å². The Labute approximate surface area is 110 Å². The van der Waals surface area contributed by atoms with Gasteiger partial charge in [0.2, 0.25) is 0 Å². The standard InChI is InChI=1S/C13H13Cl2FO/c1-3-13(2)8(5-12(13)17)7-4-11(16)10(15)6-9(7)14/h4,6,8H,3,5H2,1-2H3. The van der Waals surface area contributed by atoms with Crippen molar-refractivity contribution in [2.24, 2.45) is 5.41 Å². The maximum absolute atomic E-state index is 13.5. The molecule has 1 fully saturated rings. The van der Waals surface area contributed by atoms with E-state index in [0.717, 1.165) is 6.42 Å². The minimum Gasteiger partial charge on any atom is -0.299 e. The van der Waals surface area contributed by atoms with Crippen LogP contribution in [0.3, 0.4) is 0 Å². The molecule has 0 aliphatic heterocycles. The highest BCUT2D eigenvalue weighted by molar-refractivity contribution is 6.35. The van der Waals surface area contributed by atoms with E-state index in [1.807, 2.05) is 13.8 Å². The minimum absolute atomic E-state index is 0.000679. The number of carbonyl (C=O) groups is 1. The fraction of sp³-hybridized carbons (Fsp3) is 0.462. The first-order valence-electron chi connectivity index (χ1n) is 5.58. The van der Waals surface area contributed by atoms with Crippen molar-refractivity contribution in [2.45, 2.75) is 32.6 Å². The highest BCUT2D eigenvalue weighted by Crippen LogP contribution is 2.53. The molecule has 0 aromatic heterocycles. The third-order valence-electron chi connectivity index (χ3n) is 3.95. The van der Waals surface area contributed by atoms with Gasteiger partial charge in [-0.2, -0.15) is 0 Å². The summed E-state index contributed by atoms with van der Waals surface area (Å²) in [4.78, 5) is 11.7. The molecule has 2 unspecified atom stereocenters. The van der Waals surface area contributed by atoms with Gasteiger partial charge in [-0.05, 0) is 24.1 Å². The summed E-state index contributed by atoms with van der Waals surface area (Å²) in [5.41, 5.74) is 0.279. The minimum atomic E-state index is -0.483. The molecule has 1 aliphatic carbocycles. The Bertz CT molecular complexity index is 487. The van der Waals surface area contributed by atoms with Gasteiger partial charge in [-0.3, -0.25) is 4.79 Å². The van der Waals surface area contributed by atoms with Crippen LogP contribution in [0.15, 0.2) is 12.1 Å².